The molecule has 3 heteroatoms. The minimum absolute atomic E-state index is 0.143. The lowest BCUT2D eigenvalue weighted by atomic mass is 10.1. The molecule has 0 saturated heterocycles. The molecule has 0 aliphatic heterocycles. The van der Waals surface area contributed by atoms with Crippen LogP contribution in [0.25, 0.3) is 0 Å². The normalized spacial score (nSPS) is 14.7. The van der Waals surface area contributed by atoms with Crippen molar-refractivity contribution in [2.45, 2.75) is 45.3 Å². The highest BCUT2D eigenvalue weighted by atomic mass is 16.3. The molecule has 0 amide bonds. The summed E-state index contributed by atoms with van der Waals surface area (Å²) in [5.41, 5.74) is 1.21. The van der Waals surface area contributed by atoms with Gasteiger partial charge in [0.2, 0.25) is 0 Å². The molecule has 2 unspecified atom stereocenters. The topological polar surface area (TPSA) is 45.1 Å². The van der Waals surface area contributed by atoms with Crippen LogP contribution in [0.15, 0.2) is 24.5 Å². The van der Waals surface area contributed by atoms with Crippen molar-refractivity contribution in [2.24, 2.45) is 0 Å². The second kappa shape index (κ2) is 7.36. The molecule has 0 saturated carbocycles. The molecule has 1 heterocycles. The minimum atomic E-state index is -0.143. The maximum Gasteiger partial charge on any atom is 0.0538 e. The summed E-state index contributed by atoms with van der Waals surface area (Å²) < 4.78 is 0. The highest BCUT2D eigenvalue weighted by molar-refractivity contribution is 5.12. The lowest BCUT2D eigenvalue weighted by molar-refractivity contribution is 0.157. The average Bonchev–Trinajstić information content (AvgIpc) is 2.35. The van der Waals surface area contributed by atoms with E-state index in [0.717, 1.165) is 25.8 Å². The Morgan fingerprint density at radius 2 is 2.31 bits per heavy atom. The molecular weight excluding hydrogens is 200 g/mol. The van der Waals surface area contributed by atoms with E-state index in [1.807, 2.05) is 19.2 Å². The SMILES string of the molecule is CCC(O)CCCNC(C)c1cccnc1. The maximum atomic E-state index is 9.40. The van der Waals surface area contributed by atoms with Crippen LogP contribution in [0.5, 0.6) is 0 Å². The molecule has 0 fully saturated rings. The van der Waals surface area contributed by atoms with Crippen molar-refractivity contribution < 1.29 is 5.11 Å². The largest absolute Gasteiger partial charge is 0.393 e. The number of pyridine rings is 1. The second-order valence-electron chi connectivity index (χ2n) is 4.17. The Kier molecular flexibility index (Phi) is 6.04. The predicted octanol–water partition coefficient (Wildman–Crippen LogP) is 2.28. The fourth-order valence-electron chi connectivity index (χ4n) is 1.61. The number of rotatable bonds is 7. The van der Waals surface area contributed by atoms with Crippen LogP contribution >= 0.6 is 0 Å². The molecule has 3 nitrogen and oxygen atoms in total. The summed E-state index contributed by atoms with van der Waals surface area (Å²) in [6.07, 6.45) is 6.27. The number of nitrogens with one attached hydrogen (secondary N) is 1. The lowest BCUT2D eigenvalue weighted by Gasteiger charge is -2.14. The smallest absolute Gasteiger partial charge is 0.0538 e. The first-order valence-corrected chi connectivity index (χ1v) is 6.05. The van der Waals surface area contributed by atoms with E-state index in [9.17, 15) is 5.11 Å². The van der Waals surface area contributed by atoms with Gasteiger partial charge in [0.1, 0.15) is 0 Å². The second-order valence-corrected chi connectivity index (χ2v) is 4.17. The van der Waals surface area contributed by atoms with Crippen LogP contribution in [0.4, 0.5) is 0 Å². The summed E-state index contributed by atoms with van der Waals surface area (Å²) in [7, 11) is 0. The minimum Gasteiger partial charge on any atom is -0.393 e. The fraction of sp³-hybridized carbons (Fsp3) is 0.615. The summed E-state index contributed by atoms with van der Waals surface area (Å²) in [6, 6.07) is 4.35. The van der Waals surface area contributed by atoms with E-state index in [1.54, 1.807) is 6.20 Å². The molecule has 0 radical (unpaired) electrons. The first kappa shape index (κ1) is 13.1. The molecular formula is C13H22N2O. The molecule has 0 spiro atoms. The quantitative estimate of drug-likeness (QED) is 0.696. The zero-order valence-electron chi connectivity index (χ0n) is 10.2. The van der Waals surface area contributed by atoms with Crippen molar-refractivity contribution in [3.63, 3.8) is 0 Å². The Labute approximate surface area is 97.9 Å². The first-order valence-electron chi connectivity index (χ1n) is 6.05. The Hall–Kier alpha value is -0.930. The van der Waals surface area contributed by atoms with Gasteiger partial charge in [0.15, 0.2) is 0 Å². The molecule has 1 aromatic heterocycles. The van der Waals surface area contributed by atoms with Gasteiger partial charge in [-0.15, -0.1) is 0 Å². The third-order valence-corrected chi connectivity index (χ3v) is 2.82. The summed E-state index contributed by atoms with van der Waals surface area (Å²) in [5, 5.41) is 12.8. The van der Waals surface area contributed by atoms with E-state index in [-0.39, 0.29) is 6.10 Å². The molecule has 2 atom stereocenters. The maximum absolute atomic E-state index is 9.40. The fourth-order valence-corrected chi connectivity index (χ4v) is 1.61. The Bertz CT molecular complexity index is 277. The van der Waals surface area contributed by atoms with Crippen LogP contribution in [0.3, 0.4) is 0 Å². The molecule has 90 valence electrons. The summed E-state index contributed by atoms with van der Waals surface area (Å²) in [6.45, 7) is 5.08. The third kappa shape index (κ3) is 4.73. The van der Waals surface area contributed by atoms with E-state index in [4.69, 9.17) is 0 Å². The van der Waals surface area contributed by atoms with Gasteiger partial charge in [0.25, 0.3) is 0 Å². The summed E-state index contributed by atoms with van der Waals surface area (Å²) in [5.74, 6) is 0. The Morgan fingerprint density at radius 1 is 1.50 bits per heavy atom. The molecule has 0 aromatic carbocycles. The van der Waals surface area contributed by atoms with Gasteiger partial charge in [-0.3, -0.25) is 4.98 Å². The number of aliphatic hydroxyl groups is 1. The number of hydrogen-bond donors (Lipinski definition) is 2. The van der Waals surface area contributed by atoms with E-state index in [2.05, 4.69) is 23.3 Å². The summed E-state index contributed by atoms with van der Waals surface area (Å²) in [4.78, 5) is 4.10. The Balaban J connectivity index is 2.18. The van der Waals surface area contributed by atoms with E-state index in [1.165, 1.54) is 5.56 Å². The van der Waals surface area contributed by atoms with Crippen molar-refractivity contribution in [1.29, 1.82) is 0 Å². The molecule has 1 rings (SSSR count). The van der Waals surface area contributed by atoms with Gasteiger partial charge < -0.3 is 10.4 Å². The van der Waals surface area contributed by atoms with Crippen molar-refractivity contribution >= 4 is 0 Å². The first-order chi connectivity index (χ1) is 7.74. The van der Waals surface area contributed by atoms with Gasteiger partial charge in [-0.1, -0.05) is 13.0 Å². The molecule has 0 bridgehead atoms. The number of aromatic nitrogens is 1. The predicted molar refractivity (Wildman–Crippen MR) is 66.2 cm³/mol. The molecule has 2 N–H and O–H groups in total. The van der Waals surface area contributed by atoms with Crippen molar-refractivity contribution in [3.05, 3.63) is 30.1 Å². The van der Waals surface area contributed by atoms with Gasteiger partial charge in [-0.2, -0.15) is 0 Å². The highest BCUT2D eigenvalue weighted by Gasteiger charge is 2.04. The van der Waals surface area contributed by atoms with Crippen LogP contribution in [0.1, 0.15) is 44.7 Å². The molecule has 1 aromatic rings. The van der Waals surface area contributed by atoms with Gasteiger partial charge in [0, 0.05) is 18.4 Å². The van der Waals surface area contributed by atoms with E-state index < -0.39 is 0 Å². The van der Waals surface area contributed by atoms with Crippen LogP contribution < -0.4 is 5.32 Å². The number of hydrogen-bond acceptors (Lipinski definition) is 3. The standard InChI is InChI=1S/C13H22N2O/c1-3-13(16)7-5-9-15-11(2)12-6-4-8-14-10-12/h4,6,8,10-11,13,15-16H,3,5,7,9H2,1-2H3. The highest BCUT2D eigenvalue weighted by Crippen LogP contribution is 2.10. The monoisotopic (exact) mass is 222 g/mol. The van der Waals surface area contributed by atoms with Crippen molar-refractivity contribution in [2.75, 3.05) is 6.54 Å². The van der Waals surface area contributed by atoms with Crippen LogP contribution in [0, 0.1) is 0 Å². The van der Waals surface area contributed by atoms with Gasteiger partial charge in [-0.05, 0) is 44.4 Å². The average molecular weight is 222 g/mol. The third-order valence-electron chi connectivity index (χ3n) is 2.82. The lowest BCUT2D eigenvalue weighted by Crippen LogP contribution is -2.21. The zero-order chi connectivity index (χ0) is 11.8. The molecule has 0 aliphatic carbocycles. The van der Waals surface area contributed by atoms with Crippen molar-refractivity contribution in [1.82, 2.24) is 10.3 Å². The van der Waals surface area contributed by atoms with Crippen LogP contribution in [-0.4, -0.2) is 22.7 Å². The molecule has 0 aliphatic rings. The zero-order valence-corrected chi connectivity index (χ0v) is 10.2. The Morgan fingerprint density at radius 3 is 2.94 bits per heavy atom. The van der Waals surface area contributed by atoms with E-state index in [0.29, 0.717) is 6.04 Å². The molecule has 16 heavy (non-hydrogen) atoms. The van der Waals surface area contributed by atoms with Gasteiger partial charge >= 0.3 is 0 Å². The van der Waals surface area contributed by atoms with Gasteiger partial charge in [0.05, 0.1) is 6.10 Å². The van der Waals surface area contributed by atoms with Crippen LogP contribution in [0.2, 0.25) is 0 Å². The number of nitrogens with zero attached hydrogens (tertiary/aromatic N) is 1. The van der Waals surface area contributed by atoms with Crippen molar-refractivity contribution in [3.8, 4) is 0 Å². The summed E-state index contributed by atoms with van der Waals surface area (Å²) >= 11 is 0. The van der Waals surface area contributed by atoms with Crippen LogP contribution in [-0.2, 0) is 0 Å². The van der Waals surface area contributed by atoms with Gasteiger partial charge in [-0.25, -0.2) is 0 Å². The number of aliphatic hydroxyl groups excluding tert-OH is 1. The van der Waals surface area contributed by atoms with E-state index >= 15 is 0 Å².